The first-order chi connectivity index (χ1) is 30.2. The molecule has 0 spiro atoms. The van der Waals surface area contributed by atoms with Crippen LogP contribution in [0.3, 0.4) is 0 Å². The Morgan fingerprint density at radius 1 is 0.377 bits per heavy atom. The van der Waals surface area contributed by atoms with Crippen LogP contribution < -0.4 is 5.32 Å². The van der Waals surface area contributed by atoms with Gasteiger partial charge in [-0.1, -0.05) is 315 Å². The van der Waals surface area contributed by atoms with Crippen molar-refractivity contribution in [2.75, 3.05) is 6.61 Å². The third-order valence-electron chi connectivity index (χ3n) is 13.5. The van der Waals surface area contributed by atoms with Gasteiger partial charge in [0.15, 0.2) is 0 Å². The van der Waals surface area contributed by atoms with E-state index in [1.54, 1.807) is 6.08 Å². The molecule has 0 saturated heterocycles. The van der Waals surface area contributed by atoms with E-state index in [4.69, 9.17) is 0 Å². The maximum Gasteiger partial charge on any atom is 0.220 e. The first kappa shape index (κ1) is 60.1. The molecule has 0 aliphatic carbocycles. The molecule has 3 N–H and O–H groups in total. The van der Waals surface area contributed by atoms with Crippen LogP contribution in [0.5, 0.6) is 0 Å². The van der Waals surface area contributed by atoms with Gasteiger partial charge in [-0.25, -0.2) is 0 Å². The number of hydrogen-bond acceptors (Lipinski definition) is 3. The van der Waals surface area contributed by atoms with Crippen LogP contribution >= 0.6 is 0 Å². The van der Waals surface area contributed by atoms with Gasteiger partial charge >= 0.3 is 0 Å². The second kappa shape index (κ2) is 53.5. The average Bonchev–Trinajstić information content (AvgIpc) is 3.26. The highest BCUT2D eigenvalue weighted by atomic mass is 16.3. The van der Waals surface area contributed by atoms with E-state index in [2.05, 4.69) is 19.2 Å². The van der Waals surface area contributed by atoms with Crippen molar-refractivity contribution >= 4 is 5.91 Å². The number of unbranched alkanes of at least 4 members (excludes halogenated alkanes) is 46. The number of carbonyl (C=O) groups is 1. The Morgan fingerprint density at radius 3 is 0.852 bits per heavy atom. The van der Waals surface area contributed by atoms with E-state index in [-0.39, 0.29) is 12.5 Å². The predicted molar refractivity (Wildman–Crippen MR) is 272 cm³/mol. The van der Waals surface area contributed by atoms with E-state index in [0.29, 0.717) is 6.42 Å². The van der Waals surface area contributed by atoms with Crippen molar-refractivity contribution in [3.05, 3.63) is 12.2 Å². The molecule has 1 amide bonds. The zero-order valence-corrected chi connectivity index (χ0v) is 42.0. The lowest BCUT2D eigenvalue weighted by Crippen LogP contribution is -2.45. The first-order valence-electron chi connectivity index (χ1n) is 28.4. The second-order valence-corrected chi connectivity index (χ2v) is 19.7. The molecule has 0 aromatic carbocycles. The fourth-order valence-corrected chi connectivity index (χ4v) is 9.18. The van der Waals surface area contributed by atoms with E-state index in [1.807, 2.05) is 6.08 Å². The summed E-state index contributed by atoms with van der Waals surface area (Å²) in [5.74, 6) is -0.0560. The highest BCUT2D eigenvalue weighted by molar-refractivity contribution is 5.76. The molecule has 4 heteroatoms. The van der Waals surface area contributed by atoms with Gasteiger partial charge in [0.05, 0.1) is 18.8 Å². The Morgan fingerprint density at radius 2 is 0.607 bits per heavy atom. The number of aliphatic hydroxyl groups is 2. The van der Waals surface area contributed by atoms with E-state index in [9.17, 15) is 15.0 Å². The molecule has 2 atom stereocenters. The van der Waals surface area contributed by atoms with Gasteiger partial charge in [-0.2, -0.15) is 0 Å². The van der Waals surface area contributed by atoms with Gasteiger partial charge in [0, 0.05) is 6.42 Å². The van der Waals surface area contributed by atoms with Crippen LogP contribution in [0.4, 0.5) is 0 Å². The Kier molecular flexibility index (Phi) is 52.7. The standard InChI is InChI=1S/C57H113NO3/c1-3-5-7-9-11-13-15-17-19-21-22-23-24-25-26-27-28-29-30-31-32-33-34-35-37-39-41-43-45-47-49-51-53-57(61)58-55(54-59)56(60)52-50-48-46-44-42-40-38-36-20-18-16-14-12-10-8-6-4-2/h50,52,55-56,59-60H,3-49,51,53-54H2,1-2H3,(H,58,61)/b52-50+/t55-,56+/m0/s1. The monoisotopic (exact) mass is 860 g/mol. The van der Waals surface area contributed by atoms with Crippen LogP contribution in [0, 0.1) is 0 Å². The van der Waals surface area contributed by atoms with Crippen LogP contribution in [-0.2, 0) is 4.79 Å². The number of rotatable bonds is 53. The zero-order chi connectivity index (χ0) is 44.2. The molecule has 0 fully saturated rings. The molecular formula is C57H113NO3. The molecule has 0 aliphatic heterocycles. The Labute approximate surface area is 384 Å². The van der Waals surface area contributed by atoms with Crippen molar-refractivity contribution in [3.8, 4) is 0 Å². The third kappa shape index (κ3) is 50.0. The second-order valence-electron chi connectivity index (χ2n) is 19.7. The van der Waals surface area contributed by atoms with Crippen molar-refractivity contribution < 1.29 is 15.0 Å². The van der Waals surface area contributed by atoms with Gasteiger partial charge in [0.25, 0.3) is 0 Å². The Bertz CT molecular complexity index is 844. The number of aliphatic hydroxyl groups excluding tert-OH is 2. The smallest absolute Gasteiger partial charge is 0.220 e. The molecule has 364 valence electrons. The van der Waals surface area contributed by atoms with Crippen molar-refractivity contribution in [1.82, 2.24) is 5.32 Å². The van der Waals surface area contributed by atoms with Crippen molar-refractivity contribution in [1.29, 1.82) is 0 Å². The van der Waals surface area contributed by atoms with Gasteiger partial charge in [-0.05, 0) is 19.3 Å². The largest absolute Gasteiger partial charge is 0.394 e. The van der Waals surface area contributed by atoms with Crippen LogP contribution in [0.15, 0.2) is 12.2 Å². The lowest BCUT2D eigenvalue weighted by atomic mass is 10.0. The molecule has 0 unspecified atom stereocenters. The van der Waals surface area contributed by atoms with E-state index in [0.717, 1.165) is 25.7 Å². The quantitative estimate of drug-likeness (QED) is 0.0421. The van der Waals surface area contributed by atoms with E-state index in [1.165, 1.54) is 283 Å². The molecule has 0 bridgehead atoms. The first-order valence-corrected chi connectivity index (χ1v) is 28.4. The minimum absolute atomic E-state index is 0.0560. The highest BCUT2D eigenvalue weighted by Crippen LogP contribution is 2.18. The molecule has 0 rings (SSSR count). The van der Waals surface area contributed by atoms with Crippen LogP contribution in [0.2, 0.25) is 0 Å². The highest BCUT2D eigenvalue weighted by Gasteiger charge is 2.18. The Balaban J connectivity index is 3.40. The zero-order valence-electron chi connectivity index (χ0n) is 42.0. The molecule has 0 aromatic rings. The molecular weight excluding hydrogens is 747 g/mol. The minimum atomic E-state index is -0.835. The SMILES string of the molecule is CCCCCCCCCCCCCCCCC/C=C/[C@@H](O)[C@H](CO)NC(=O)CCCCCCCCCCCCCCCCCCCCCCCCCCCCCCCCCC. The number of hydrogen-bond donors (Lipinski definition) is 3. The summed E-state index contributed by atoms with van der Waals surface area (Å²) in [5.41, 5.74) is 0. The van der Waals surface area contributed by atoms with Crippen molar-refractivity contribution in [2.24, 2.45) is 0 Å². The maximum atomic E-state index is 12.5. The van der Waals surface area contributed by atoms with Crippen molar-refractivity contribution in [2.45, 2.75) is 341 Å². The number of carbonyl (C=O) groups excluding carboxylic acids is 1. The summed E-state index contributed by atoms with van der Waals surface area (Å²) in [6, 6.07) is -0.617. The minimum Gasteiger partial charge on any atom is -0.394 e. The van der Waals surface area contributed by atoms with E-state index >= 15 is 0 Å². The molecule has 0 aromatic heterocycles. The fourth-order valence-electron chi connectivity index (χ4n) is 9.18. The molecule has 0 radical (unpaired) electrons. The summed E-state index contributed by atoms with van der Waals surface area (Å²) in [6.45, 7) is 4.35. The number of nitrogens with one attached hydrogen (secondary N) is 1. The summed E-state index contributed by atoms with van der Waals surface area (Å²) in [7, 11) is 0. The lowest BCUT2D eigenvalue weighted by molar-refractivity contribution is -0.123. The number of amides is 1. The normalized spacial score (nSPS) is 12.8. The van der Waals surface area contributed by atoms with Gasteiger partial charge in [-0.15, -0.1) is 0 Å². The van der Waals surface area contributed by atoms with Crippen LogP contribution in [-0.4, -0.2) is 34.9 Å². The van der Waals surface area contributed by atoms with Gasteiger partial charge in [0.2, 0.25) is 5.91 Å². The van der Waals surface area contributed by atoms with Crippen molar-refractivity contribution in [3.63, 3.8) is 0 Å². The maximum absolute atomic E-state index is 12.5. The molecule has 0 aliphatic rings. The molecule has 0 saturated carbocycles. The molecule has 61 heavy (non-hydrogen) atoms. The van der Waals surface area contributed by atoms with Gasteiger partial charge in [-0.3, -0.25) is 4.79 Å². The molecule has 4 nitrogen and oxygen atoms in total. The average molecular weight is 861 g/mol. The topological polar surface area (TPSA) is 69.6 Å². The summed E-state index contributed by atoms with van der Waals surface area (Å²) < 4.78 is 0. The molecule has 0 heterocycles. The predicted octanol–water partition coefficient (Wildman–Crippen LogP) is 18.5. The van der Waals surface area contributed by atoms with Crippen LogP contribution in [0.25, 0.3) is 0 Å². The third-order valence-corrected chi connectivity index (χ3v) is 13.5. The lowest BCUT2D eigenvalue weighted by Gasteiger charge is -2.20. The Hall–Kier alpha value is -0.870. The summed E-state index contributed by atoms with van der Waals surface area (Å²) in [4.78, 5) is 12.5. The van der Waals surface area contributed by atoms with Gasteiger partial charge in [0.1, 0.15) is 0 Å². The summed E-state index contributed by atoms with van der Waals surface area (Å²) in [6.07, 6.45) is 69.6. The number of allylic oxidation sites excluding steroid dienone is 1. The fraction of sp³-hybridized carbons (Fsp3) is 0.947. The van der Waals surface area contributed by atoms with Crippen LogP contribution in [0.1, 0.15) is 328 Å². The summed E-state index contributed by atoms with van der Waals surface area (Å²) in [5, 5.41) is 23.1. The van der Waals surface area contributed by atoms with E-state index < -0.39 is 12.1 Å². The summed E-state index contributed by atoms with van der Waals surface area (Å²) >= 11 is 0. The van der Waals surface area contributed by atoms with Gasteiger partial charge < -0.3 is 15.5 Å².